The maximum Gasteiger partial charge on any atom is 0.132 e. The van der Waals surface area contributed by atoms with E-state index in [1.54, 1.807) is 0 Å². The Bertz CT molecular complexity index is 369. The van der Waals surface area contributed by atoms with Crippen LogP contribution in [0.15, 0.2) is 18.3 Å². The van der Waals surface area contributed by atoms with Gasteiger partial charge >= 0.3 is 0 Å². The number of piperidine rings is 1. The molecule has 0 bridgehead atoms. The smallest absolute Gasteiger partial charge is 0.132 e. The van der Waals surface area contributed by atoms with Crippen molar-refractivity contribution in [2.45, 2.75) is 25.7 Å². The first-order valence-electron chi connectivity index (χ1n) is 5.79. The fourth-order valence-electron chi connectivity index (χ4n) is 2.16. The van der Waals surface area contributed by atoms with Crippen LogP contribution in [0.5, 0.6) is 0 Å². The second kappa shape index (κ2) is 4.96. The minimum atomic E-state index is 0.200. The zero-order valence-corrected chi connectivity index (χ0v) is 9.45. The predicted octanol–water partition coefficient (Wildman–Crippen LogP) is 1.55. The number of hydrogen-bond donors (Lipinski definition) is 2. The first-order chi connectivity index (χ1) is 7.77. The molecule has 0 saturated carbocycles. The van der Waals surface area contributed by atoms with Gasteiger partial charge in [-0.15, -0.1) is 0 Å². The summed E-state index contributed by atoms with van der Waals surface area (Å²) in [5.74, 6) is 1.21. The molecule has 1 saturated heterocycles. The fourth-order valence-corrected chi connectivity index (χ4v) is 2.16. The lowest BCUT2D eigenvalue weighted by atomic mass is 10.1. The Labute approximate surface area is 96.0 Å². The highest BCUT2D eigenvalue weighted by Gasteiger charge is 2.15. The van der Waals surface area contributed by atoms with E-state index in [1.807, 2.05) is 18.3 Å². The van der Waals surface area contributed by atoms with Crippen LogP contribution >= 0.6 is 0 Å². The van der Waals surface area contributed by atoms with Crippen LogP contribution in [0, 0.1) is 5.41 Å². The molecule has 2 rings (SSSR count). The number of anilines is 1. The lowest BCUT2D eigenvalue weighted by Crippen LogP contribution is -2.31. The van der Waals surface area contributed by atoms with E-state index in [1.165, 1.54) is 19.3 Å². The van der Waals surface area contributed by atoms with Gasteiger partial charge in [0.25, 0.3) is 0 Å². The van der Waals surface area contributed by atoms with Gasteiger partial charge in [-0.2, -0.15) is 0 Å². The summed E-state index contributed by atoms with van der Waals surface area (Å²) >= 11 is 0. The molecule has 1 aliphatic heterocycles. The molecule has 16 heavy (non-hydrogen) atoms. The molecule has 0 radical (unpaired) electrons. The lowest BCUT2D eigenvalue weighted by molar-refractivity contribution is 0.572. The van der Waals surface area contributed by atoms with Crippen LogP contribution in [0.25, 0.3) is 0 Å². The summed E-state index contributed by atoms with van der Waals surface area (Å²) in [6.45, 7) is 2.14. The van der Waals surface area contributed by atoms with Crippen LogP contribution in [-0.4, -0.2) is 23.9 Å². The number of hydrogen-bond acceptors (Lipinski definition) is 3. The maximum absolute atomic E-state index is 7.37. The number of amidine groups is 1. The molecule has 1 aromatic heterocycles. The maximum atomic E-state index is 7.37. The Morgan fingerprint density at radius 2 is 2.12 bits per heavy atom. The van der Waals surface area contributed by atoms with Crippen molar-refractivity contribution in [3.8, 4) is 0 Å². The van der Waals surface area contributed by atoms with Crippen molar-refractivity contribution in [2.24, 2.45) is 5.73 Å². The minimum absolute atomic E-state index is 0.200. The average molecular weight is 218 g/mol. The normalized spacial score (nSPS) is 16.1. The van der Waals surface area contributed by atoms with Crippen molar-refractivity contribution in [1.29, 1.82) is 5.41 Å². The van der Waals surface area contributed by atoms with Gasteiger partial charge in [0.2, 0.25) is 0 Å². The second-order valence-electron chi connectivity index (χ2n) is 4.24. The van der Waals surface area contributed by atoms with Crippen LogP contribution in [0.4, 0.5) is 5.82 Å². The molecule has 0 atom stereocenters. The van der Waals surface area contributed by atoms with Gasteiger partial charge in [0, 0.05) is 31.3 Å². The SMILES string of the molecule is N=C(N)Cc1cccnc1N1CCCCC1. The summed E-state index contributed by atoms with van der Waals surface area (Å²) in [4.78, 5) is 6.74. The van der Waals surface area contributed by atoms with Gasteiger partial charge < -0.3 is 10.6 Å². The lowest BCUT2D eigenvalue weighted by Gasteiger charge is -2.29. The molecular weight excluding hydrogens is 200 g/mol. The summed E-state index contributed by atoms with van der Waals surface area (Å²) in [6, 6.07) is 3.92. The molecule has 3 N–H and O–H groups in total. The van der Waals surface area contributed by atoms with Crippen molar-refractivity contribution in [3.05, 3.63) is 23.9 Å². The van der Waals surface area contributed by atoms with Crippen molar-refractivity contribution in [1.82, 2.24) is 4.98 Å². The molecule has 4 nitrogen and oxygen atoms in total. The Balaban J connectivity index is 2.20. The first-order valence-corrected chi connectivity index (χ1v) is 5.79. The molecule has 0 aromatic carbocycles. The van der Waals surface area contributed by atoms with E-state index in [0.29, 0.717) is 6.42 Å². The number of aromatic nitrogens is 1. The zero-order chi connectivity index (χ0) is 11.4. The third-order valence-corrected chi connectivity index (χ3v) is 2.90. The van der Waals surface area contributed by atoms with Crippen LogP contribution in [0.1, 0.15) is 24.8 Å². The van der Waals surface area contributed by atoms with E-state index in [-0.39, 0.29) is 5.84 Å². The van der Waals surface area contributed by atoms with Crippen molar-refractivity contribution >= 4 is 11.7 Å². The Kier molecular flexibility index (Phi) is 3.39. The average Bonchev–Trinajstić information content (AvgIpc) is 2.30. The Hall–Kier alpha value is -1.58. The molecule has 1 aromatic rings. The van der Waals surface area contributed by atoms with Crippen molar-refractivity contribution < 1.29 is 0 Å². The van der Waals surface area contributed by atoms with Crippen LogP contribution in [0.2, 0.25) is 0 Å². The molecule has 1 aliphatic rings. The molecule has 4 heteroatoms. The van der Waals surface area contributed by atoms with Gasteiger partial charge in [-0.1, -0.05) is 6.07 Å². The van der Waals surface area contributed by atoms with E-state index in [4.69, 9.17) is 11.1 Å². The van der Waals surface area contributed by atoms with Gasteiger partial charge in [0.15, 0.2) is 0 Å². The third kappa shape index (κ3) is 2.51. The quantitative estimate of drug-likeness (QED) is 0.597. The minimum Gasteiger partial charge on any atom is -0.387 e. The number of nitrogens with one attached hydrogen (secondary N) is 1. The highest BCUT2D eigenvalue weighted by Crippen LogP contribution is 2.21. The molecular formula is C12H18N4. The zero-order valence-electron chi connectivity index (χ0n) is 9.45. The number of pyridine rings is 1. The van der Waals surface area contributed by atoms with Crippen LogP contribution < -0.4 is 10.6 Å². The summed E-state index contributed by atoms with van der Waals surface area (Å²) in [7, 11) is 0. The van der Waals surface area contributed by atoms with Gasteiger partial charge in [-0.25, -0.2) is 4.98 Å². The predicted molar refractivity (Wildman–Crippen MR) is 65.9 cm³/mol. The second-order valence-corrected chi connectivity index (χ2v) is 4.24. The molecule has 86 valence electrons. The molecule has 2 heterocycles. The summed E-state index contributed by atoms with van der Waals surface area (Å²) < 4.78 is 0. The molecule has 0 amide bonds. The standard InChI is InChI=1S/C12H18N4/c13-11(14)9-10-5-4-6-15-12(10)16-7-2-1-3-8-16/h4-6H,1-3,7-9H2,(H3,13,14). The highest BCUT2D eigenvalue weighted by molar-refractivity contribution is 5.80. The summed E-state index contributed by atoms with van der Waals surface area (Å²) in [5, 5.41) is 7.37. The van der Waals surface area contributed by atoms with E-state index in [0.717, 1.165) is 24.5 Å². The van der Waals surface area contributed by atoms with E-state index >= 15 is 0 Å². The summed E-state index contributed by atoms with van der Waals surface area (Å²) in [5.41, 5.74) is 6.53. The first kappa shape index (κ1) is 10.9. The van der Waals surface area contributed by atoms with Crippen LogP contribution in [0.3, 0.4) is 0 Å². The number of nitrogens with zero attached hydrogens (tertiary/aromatic N) is 2. The Morgan fingerprint density at radius 3 is 2.81 bits per heavy atom. The van der Waals surface area contributed by atoms with Gasteiger partial charge in [-0.05, 0) is 25.3 Å². The fraction of sp³-hybridized carbons (Fsp3) is 0.500. The van der Waals surface area contributed by atoms with Crippen LogP contribution in [-0.2, 0) is 6.42 Å². The molecule has 1 fully saturated rings. The van der Waals surface area contributed by atoms with Gasteiger partial charge in [0.05, 0.1) is 5.84 Å². The topological polar surface area (TPSA) is 66.0 Å². The van der Waals surface area contributed by atoms with Gasteiger partial charge in [0.1, 0.15) is 5.82 Å². The number of nitrogens with two attached hydrogens (primary N) is 1. The van der Waals surface area contributed by atoms with E-state index < -0.39 is 0 Å². The van der Waals surface area contributed by atoms with Crippen molar-refractivity contribution in [2.75, 3.05) is 18.0 Å². The monoisotopic (exact) mass is 218 g/mol. The van der Waals surface area contributed by atoms with E-state index in [2.05, 4.69) is 9.88 Å². The van der Waals surface area contributed by atoms with E-state index in [9.17, 15) is 0 Å². The van der Waals surface area contributed by atoms with Crippen molar-refractivity contribution in [3.63, 3.8) is 0 Å². The highest BCUT2D eigenvalue weighted by atomic mass is 15.2. The Morgan fingerprint density at radius 1 is 1.38 bits per heavy atom. The van der Waals surface area contributed by atoms with Gasteiger partial charge in [-0.3, -0.25) is 5.41 Å². The molecule has 0 spiro atoms. The molecule has 0 aliphatic carbocycles. The molecule has 0 unspecified atom stereocenters. The number of rotatable bonds is 3. The summed E-state index contributed by atoms with van der Waals surface area (Å²) in [6.07, 6.45) is 6.09. The third-order valence-electron chi connectivity index (χ3n) is 2.90. The largest absolute Gasteiger partial charge is 0.387 e.